The molecular weight excluding hydrogens is 284 g/mol. The fraction of sp³-hybridized carbons (Fsp3) is 0.375. The van der Waals surface area contributed by atoms with E-state index in [1.165, 1.54) is 11.0 Å². The number of pyridine rings is 1. The van der Waals surface area contributed by atoms with E-state index in [4.69, 9.17) is 9.47 Å². The van der Waals surface area contributed by atoms with Crippen molar-refractivity contribution < 1.29 is 14.3 Å². The normalized spacial score (nSPS) is 16.7. The van der Waals surface area contributed by atoms with Crippen molar-refractivity contribution in [1.82, 2.24) is 9.88 Å². The molecule has 0 spiro atoms. The number of fused-ring (bicyclic) bond motifs is 3. The van der Waals surface area contributed by atoms with Crippen LogP contribution in [0.4, 0.5) is 4.79 Å². The number of aromatic nitrogens is 1. The van der Waals surface area contributed by atoms with E-state index in [-0.39, 0.29) is 17.8 Å². The third kappa shape index (κ3) is 2.64. The molecule has 1 aromatic heterocycles. The smallest absolute Gasteiger partial charge is 0.409 e. The van der Waals surface area contributed by atoms with Gasteiger partial charge in [0.05, 0.1) is 0 Å². The molecule has 1 aromatic carbocycles. The number of ether oxygens (including phenoxy) is 2. The van der Waals surface area contributed by atoms with Gasteiger partial charge in [-0.15, -0.1) is 0 Å². The summed E-state index contributed by atoms with van der Waals surface area (Å²) in [5.41, 5.74) is 1.57. The van der Waals surface area contributed by atoms with Crippen molar-refractivity contribution in [2.75, 3.05) is 20.2 Å². The summed E-state index contributed by atoms with van der Waals surface area (Å²) < 4.78 is 11.2. The molecule has 1 N–H and O–H groups in total. The van der Waals surface area contributed by atoms with E-state index in [1.807, 2.05) is 19.1 Å². The van der Waals surface area contributed by atoms with Gasteiger partial charge in [-0.2, -0.15) is 0 Å². The standard InChI is InChI=1S/C16H18N2O4/c1-3-18(2)16(20)22-10-8-12-11-4-7-15(19)17-13(11)5-6-14(12)21-9-10/h4-7,10H,3,8-9H2,1-2H3,(H,17,19). The fourth-order valence-corrected chi connectivity index (χ4v) is 2.53. The van der Waals surface area contributed by atoms with Crippen molar-refractivity contribution in [1.29, 1.82) is 0 Å². The third-order valence-electron chi connectivity index (χ3n) is 3.88. The molecular formula is C16H18N2O4. The van der Waals surface area contributed by atoms with Crippen LogP contribution in [0.3, 0.4) is 0 Å². The Morgan fingerprint density at radius 2 is 2.23 bits per heavy atom. The summed E-state index contributed by atoms with van der Waals surface area (Å²) in [6, 6.07) is 6.93. The topological polar surface area (TPSA) is 71.6 Å². The van der Waals surface area contributed by atoms with Gasteiger partial charge in [0.25, 0.3) is 0 Å². The van der Waals surface area contributed by atoms with E-state index < -0.39 is 0 Å². The van der Waals surface area contributed by atoms with Crippen molar-refractivity contribution in [2.45, 2.75) is 19.4 Å². The largest absolute Gasteiger partial charge is 0.489 e. The second-order valence-corrected chi connectivity index (χ2v) is 5.36. The lowest BCUT2D eigenvalue weighted by Crippen LogP contribution is -2.36. The van der Waals surface area contributed by atoms with E-state index in [1.54, 1.807) is 13.1 Å². The maximum Gasteiger partial charge on any atom is 0.409 e. The molecule has 0 radical (unpaired) electrons. The van der Waals surface area contributed by atoms with Crippen molar-refractivity contribution in [3.05, 3.63) is 40.2 Å². The molecule has 0 fully saturated rings. The summed E-state index contributed by atoms with van der Waals surface area (Å²) in [6.07, 6.45) is -0.109. The lowest BCUT2D eigenvalue weighted by atomic mass is 9.99. The Kier molecular flexibility index (Phi) is 3.75. The molecule has 0 saturated carbocycles. The van der Waals surface area contributed by atoms with Gasteiger partial charge < -0.3 is 19.4 Å². The maximum absolute atomic E-state index is 11.9. The Morgan fingerprint density at radius 1 is 1.41 bits per heavy atom. The van der Waals surface area contributed by atoms with Gasteiger partial charge in [0.1, 0.15) is 18.5 Å². The van der Waals surface area contributed by atoms with Crippen LogP contribution in [0.5, 0.6) is 5.75 Å². The minimum absolute atomic E-state index is 0.142. The van der Waals surface area contributed by atoms with Gasteiger partial charge in [-0.1, -0.05) is 0 Å². The van der Waals surface area contributed by atoms with Crippen LogP contribution in [0.15, 0.2) is 29.1 Å². The zero-order valence-electron chi connectivity index (χ0n) is 12.6. The van der Waals surface area contributed by atoms with Crippen LogP contribution in [-0.4, -0.2) is 42.3 Å². The van der Waals surface area contributed by atoms with Gasteiger partial charge in [0.15, 0.2) is 0 Å². The first-order valence-electron chi connectivity index (χ1n) is 7.28. The Hall–Kier alpha value is -2.50. The first kappa shape index (κ1) is 14.4. The SMILES string of the molecule is CCN(C)C(=O)OC1COc2ccc3[nH]c(=O)ccc3c2C1. The van der Waals surface area contributed by atoms with Crippen LogP contribution in [0.2, 0.25) is 0 Å². The molecule has 1 amide bonds. The summed E-state index contributed by atoms with van der Waals surface area (Å²) in [4.78, 5) is 27.6. The van der Waals surface area contributed by atoms with E-state index >= 15 is 0 Å². The Labute approximate surface area is 127 Å². The molecule has 2 aromatic rings. The van der Waals surface area contributed by atoms with Crippen molar-refractivity contribution in [3.8, 4) is 5.75 Å². The van der Waals surface area contributed by atoms with Gasteiger partial charge >= 0.3 is 6.09 Å². The molecule has 1 unspecified atom stereocenters. The van der Waals surface area contributed by atoms with Gasteiger partial charge in [0.2, 0.25) is 5.56 Å². The minimum Gasteiger partial charge on any atom is -0.489 e. The summed E-state index contributed by atoms with van der Waals surface area (Å²) in [5.74, 6) is 0.774. The molecule has 0 aliphatic carbocycles. The quantitative estimate of drug-likeness (QED) is 0.920. The number of rotatable bonds is 2. The van der Waals surface area contributed by atoms with Crippen LogP contribution in [0.1, 0.15) is 12.5 Å². The highest BCUT2D eigenvalue weighted by Gasteiger charge is 2.25. The van der Waals surface area contributed by atoms with Crippen LogP contribution >= 0.6 is 0 Å². The molecule has 1 aliphatic heterocycles. The fourth-order valence-electron chi connectivity index (χ4n) is 2.53. The van der Waals surface area contributed by atoms with Gasteiger partial charge in [-0.3, -0.25) is 4.79 Å². The predicted octanol–water partition coefficient (Wildman–Crippen LogP) is 1.92. The van der Waals surface area contributed by atoms with Gasteiger partial charge in [-0.05, 0) is 25.1 Å². The molecule has 1 atom stereocenters. The molecule has 22 heavy (non-hydrogen) atoms. The highest BCUT2D eigenvalue weighted by Crippen LogP contribution is 2.31. The van der Waals surface area contributed by atoms with Crippen molar-refractivity contribution in [2.24, 2.45) is 0 Å². The summed E-state index contributed by atoms with van der Waals surface area (Å²) >= 11 is 0. The highest BCUT2D eigenvalue weighted by molar-refractivity contribution is 5.84. The van der Waals surface area contributed by atoms with E-state index in [9.17, 15) is 9.59 Å². The lowest BCUT2D eigenvalue weighted by molar-refractivity contribution is 0.0373. The highest BCUT2D eigenvalue weighted by atomic mass is 16.6. The van der Waals surface area contributed by atoms with E-state index in [0.29, 0.717) is 19.6 Å². The zero-order valence-corrected chi connectivity index (χ0v) is 12.6. The molecule has 0 saturated heterocycles. The maximum atomic E-state index is 11.9. The van der Waals surface area contributed by atoms with Crippen LogP contribution in [0.25, 0.3) is 10.9 Å². The Balaban J connectivity index is 1.88. The summed E-state index contributed by atoms with van der Waals surface area (Å²) in [5, 5.41) is 0.918. The Bertz CT molecular complexity index is 768. The molecule has 0 bridgehead atoms. The average Bonchev–Trinajstić information content (AvgIpc) is 2.53. The second-order valence-electron chi connectivity index (χ2n) is 5.36. The number of hydrogen-bond acceptors (Lipinski definition) is 4. The first-order valence-corrected chi connectivity index (χ1v) is 7.28. The average molecular weight is 302 g/mol. The third-order valence-corrected chi connectivity index (χ3v) is 3.88. The first-order chi connectivity index (χ1) is 10.6. The Morgan fingerprint density at radius 3 is 3.00 bits per heavy atom. The molecule has 6 heteroatoms. The second kappa shape index (κ2) is 5.71. The predicted molar refractivity (Wildman–Crippen MR) is 82.3 cm³/mol. The van der Waals surface area contributed by atoms with Crippen LogP contribution in [0, 0.1) is 0 Å². The number of amides is 1. The zero-order chi connectivity index (χ0) is 15.7. The van der Waals surface area contributed by atoms with Crippen LogP contribution < -0.4 is 10.3 Å². The number of benzene rings is 1. The number of aromatic amines is 1. The summed E-state index contributed by atoms with van der Waals surface area (Å²) in [7, 11) is 1.69. The number of carbonyl (C=O) groups excluding carboxylic acids is 1. The van der Waals surface area contributed by atoms with Gasteiger partial charge in [-0.25, -0.2) is 4.79 Å². The molecule has 3 rings (SSSR count). The van der Waals surface area contributed by atoms with Crippen molar-refractivity contribution >= 4 is 17.0 Å². The number of nitrogens with one attached hydrogen (secondary N) is 1. The number of H-pyrrole nitrogens is 1. The van der Waals surface area contributed by atoms with Crippen molar-refractivity contribution in [3.63, 3.8) is 0 Å². The summed E-state index contributed by atoms with van der Waals surface area (Å²) in [6.45, 7) is 2.82. The van der Waals surface area contributed by atoms with Gasteiger partial charge in [0, 0.05) is 42.5 Å². The molecule has 2 heterocycles. The minimum atomic E-state index is -0.354. The lowest BCUT2D eigenvalue weighted by Gasteiger charge is -2.27. The number of hydrogen-bond donors (Lipinski definition) is 1. The molecule has 1 aliphatic rings. The number of carbonyl (C=O) groups is 1. The van der Waals surface area contributed by atoms with Crippen LogP contribution in [-0.2, 0) is 11.2 Å². The molecule has 116 valence electrons. The monoisotopic (exact) mass is 302 g/mol. The van der Waals surface area contributed by atoms with E-state index in [2.05, 4.69) is 4.98 Å². The van der Waals surface area contributed by atoms with E-state index in [0.717, 1.165) is 22.2 Å². The number of nitrogens with zero attached hydrogens (tertiary/aromatic N) is 1. The molecule has 6 nitrogen and oxygen atoms in total.